The molecule has 0 aromatic heterocycles. The van der Waals surface area contributed by atoms with E-state index in [1.807, 2.05) is 0 Å². The van der Waals surface area contributed by atoms with Crippen LogP contribution in [-0.2, 0) is 0 Å². The Balaban J connectivity index is 2.09. The molecule has 3 aromatic carbocycles. The number of anilines is 2. The Labute approximate surface area is 143 Å². The Bertz CT molecular complexity index is 859. The number of carbonyl (C=O) groups is 1. The van der Waals surface area contributed by atoms with Gasteiger partial charge in [0.2, 0.25) is 0 Å². The van der Waals surface area contributed by atoms with Gasteiger partial charge < -0.3 is 20.4 Å². The molecule has 3 aromatic rings. The number of hydrogen-bond acceptors (Lipinski definition) is 5. The van der Waals surface area contributed by atoms with Gasteiger partial charge in [-0.05, 0) is 66.7 Å². The molecule has 1 amide bonds. The summed E-state index contributed by atoms with van der Waals surface area (Å²) >= 11 is 0. The van der Waals surface area contributed by atoms with Crippen LogP contribution in [0.4, 0.5) is 11.4 Å². The van der Waals surface area contributed by atoms with Crippen LogP contribution in [0.5, 0.6) is 23.0 Å². The van der Waals surface area contributed by atoms with E-state index in [4.69, 9.17) is 0 Å². The van der Waals surface area contributed by atoms with Crippen LogP contribution < -0.4 is 4.90 Å². The average molecular weight is 337 g/mol. The van der Waals surface area contributed by atoms with Crippen LogP contribution in [0.2, 0.25) is 0 Å². The lowest BCUT2D eigenvalue weighted by Gasteiger charge is -2.23. The average Bonchev–Trinajstić information content (AvgIpc) is 2.61. The second kappa shape index (κ2) is 6.45. The third-order valence-electron chi connectivity index (χ3n) is 3.64. The molecule has 0 aliphatic heterocycles. The topological polar surface area (TPSA) is 101 Å². The molecule has 0 unspecified atom stereocenters. The van der Waals surface area contributed by atoms with Crippen molar-refractivity contribution in [1.29, 1.82) is 0 Å². The van der Waals surface area contributed by atoms with Crippen LogP contribution in [0, 0.1) is 0 Å². The molecule has 0 atom stereocenters. The fourth-order valence-corrected chi connectivity index (χ4v) is 2.37. The monoisotopic (exact) mass is 337 g/mol. The maximum Gasteiger partial charge on any atom is 0.262 e. The molecule has 0 heterocycles. The number of rotatable bonds is 3. The third-order valence-corrected chi connectivity index (χ3v) is 3.64. The summed E-state index contributed by atoms with van der Waals surface area (Å²) in [5, 5.41) is 38.0. The van der Waals surface area contributed by atoms with Gasteiger partial charge >= 0.3 is 0 Å². The van der Waals surface area contributed by atoms with Crippen molar-refractivity contribution < 1.29 is 25.2 Å². The van der Waals surface area contributed by atoms with Gasteiger partial charge in [0.25, 0.3) is 5.91 Å². The lowest BCUT2D eigenvalue weighted by molar-refractivity contribution is 0.0999. The van der Waals surface area contributed by atoms with E-state index >= 15 is 0 Å². The SMILES string of the molecule is O=C(c1ccc(O)c(O)c1)N(c1ccc(O)cc1)c1ccc(O)cc1. The van der Waals surface area contributed by atoms with Gasteiger partial charge in [-0.1, -0.05) is 0 Å². The highest BCUT2D eigenvalue weighted by Gasteiger charge is 2.21. The first kappa shape index (κ1) is 16.2. The summed E-state index contributed by atoms with van der Waals surface area (Å²) in [6.07, 6.45) is 0. The first-order valence-corrected chi connectivity index (χ1v) is 7.40. The molecule has 0 aliphatic rings. The van der Waals surface area contributed by atoms with Gasteiger partial charge in [0.15, 0.2) is 11.5 Å². The molecule has 0 aliphatic carbocycles. The zero-order chi connectivity index (χ0) is 18.0. The lowest BCUT2D eigenvalue weighted by atomic mass is 10.1. The second-order valence-electron chi connectivity index (χ2n) is 5.38. The number of hydrogen-bond donors (Lipinski definition) is 4. The zero-order valence-corrected chi connectivity index (χ0v) is 13.0. The highest BCUT2D eigenvalue weighted by molar-refractivity contribution is 6.11. The zero-order valence-electron chi connectivity index (χ0n) is 13.0. The summed E-state index contributed by atoms with van der Waals surface area (Å²) in [4.78, 5) is 14.4. The summed E-state index contributed by atoms with van der Waals surface area (Å²) in [5.41, 5.74) is 1.14. The fraction of sp³-hybridized carbons (Fsp3) is 0. The summed E-state index contributed by atoms with van der Waals surface area (Å²) in [6, 6.07) is 15.9. The number of phenols is 4. The normalized spacial score (nSPS) is 10.4. The molecule has 0 saturated carbocycles. The molecule has 126 valence electrons. The summed E-state index contributed by atoms with van der Waals surface area (Å²) in [7, 11) is 0. The van der Waals surface area contributed by atoms with Crippen molar-refractivity contribution >= 4 is 17.3 Å². The minimum Gasteiger partial charge on any atom is -0.508 e. The largest absolute Gasteiger partial charge is 0.508 e. The highest BCUT2D eigenvalue weighted by atomic mass is 16.3. The molecule has 0 radical (unpaired) electrons. The Hall–Kier alpha value is -3.67. The molecule has 0 spiro atoms. The van der Waals surface area contributed by atoms with E-state index in [0.29, 0.717) is 11.4 Å². The fourth-order valence-electron chi connectivity index (χ4n) is 2.37. The van der Waals surface area contributed by atoms with Crippen LogP contribution >= 0.6 is 0 Å². The third kappa shape index (κ3) is 3.32. The Kier molecular flexibility index (Phi) is 4.18. The number of phenolic OH excluding ortho intramolecular Hbond substituents is 4. The van der Waals surface area contributed by atoms with E-state index in [2.05, 4.69) is 0 Å². The Morgan fingerprint density at radius 3 is 1.56 bits per heavy atom. The van der Waals surface area contributed by atoms with Gasteiger partial charge in [-0.3, -0.25) is 9.69 Å². The predicted molar refractivity (Wildman–Crippen MR) is 92.5 cm³/mol. The molecule has 0 fully saturated rings. The van der Waals surface area contributed by atoms with E-state index < -0.39 is 11.7 Å². The first-order chi connectivity index (χ1) is 12.0. The molecule has 6 nitrogen and oxygen atoms in total. The number of nitrogens with zero attached hydrogens (tertiary/aromatic N) is 1. The van der Waals surface area contributed by atoms with E-state index in [1.54, 1.807) is 24.3 Å². The molecule has 0 bridgehead atoms. The maximum atomic E-state index is 13.0. The molecule has 4 N–H and O–H groups in total. The van der Waals surface area contributed by atoms with E-state index in [-0.39, 0.29) is 22.8 Å². The molecular weight excluding hydrogens is 322 g/mol. The van der Waals surface area contributed by atoms with E-state index in [1.165, 1.54) is 47.4 Å². The molecule has 0 saturated heterocycles. The molecule has 3 rings (SSSR count). The second-order valence-corrected chi connectivity index (χ2v) is 5.38. The van der Waals surface area contributed by atoms with Crippen molar-refractivity contribution in [3.05, 3.63) is 72.3 Å². The smallest absolute Gasteiger partial charge is 0.262 e. The number of carbonyl (C=O) groups excluding carboxylic acids is 1. The van der Waals surface area contributed by atoms with Crippen molar-refractivity contribution in [3.8, 4) is 23.0 Å². The number of aromatic hydroxyl groups is 4. The van der Waals surface area contributed by atoms with Crippen molar-refractivity contribution in [1.82, 2.24) is 0 Å². The van der Waals surface area contributed by atoms with Crippen LogP contribution in [0.3, 0.4) is 0 Å². The van der Waals surface area contributed by atoms with Gasteiger partial charge in [-0.25, -0.2) is 0 Å². The van der Waals surface area contributed by atoms with Gasteiger partial charge in [-0.2, -0.15) is 0 Å². The molecular formula is C19H15NO5. The summed E-state index contributed by atoms with van der Waals surface area (Å²) in [6.45, 7) is 0. The standard InChI is InChI=1S/C19H15NO5/c21-15-6-2-13(3-7-15)20(14-4-8-16(22)9-5-14)19(25)12-1-10-17(23)18(24)11-12/h1-11,21-24H. The predicted octanol–water partition coefficient (Wildman–Crippen LogP) is 3.49. The number of amides is 1. The van der Waals surface area contributed by atoms with Gasteiger partial charge in [0, 0.05) is 16.9 Å². The van der Waals surface area contributed by atoms with Crippen LogP contribution in [0.25, 0.3) is 0 Å². The van der Waals surface area contributed by atoms with Gasteiger partial charge in [0.1, 0.15) is 11.5 Å². The van der Waals surface area contributed by atoms with Crippen molar-refractivity contribution in [2.24, 2.45) is 0 Å². The van der Waals surface area contributed by atoms with Gasteiger partial charge in [-0.15, -0.1) is 0 Å². The maximum absolute atomic E-state index is 13.0. The lowest BCUT2D eigenvalue weighted by Crippen LogP contribution is -2.25. The van der Waals surface area contributed by atoms with Crippen molar-refractivity contribution in [2.75, 3.05) is 4.90 Å². The molecule has 25 heavy (non-hydrogen) atoms. The summed E-state index contributed by atoms with van der Waals surface area (Å²) in [5.74, 6) is -1.06. The van der Waals surface area contributed by atoms with Crippen LogP contribution in [0.15, 0.2) is 66.7 Å². The quantitative estimate of drug-likeness (QED) is 0.548. The van der Waals surface area contributed by atoms with E-state index in [9.17, 15) is 25.2 Å². The minimum absolute atomic E-state index is 0.0594. The van der Waals surface area contributed by atoms with Gasteiger partial charge in [0.05, 0.1) is 0 Å². The summed E-state index contributed by atoms with van der Waals surface area (Å²) < 4.78 is 0. The Morgan fingerprint density at radius 1 is 0.640 bits per heavy atom. The van der Waals surface area contributed by atoms with Crippen LogP contribution in [-0.4, -0.2) is 26.3 Å². The van der Waals surface area contributed by atoms with Crippen molar-refractivity contribution in [2.45, 2.75) is 0 Å². The molecule has 6 heteroatoms. The Morgan fingerprint density at radius 2 is 1.12 bits per heavy atom. The first-order valence-electron chi connectivity index (χ1n) is 7.40. The minimum atomic E-state index is -0.452. The highest BCUT2D eigenvalue weighted by Crippen LogP contribution is 2.32. The van der Waals surface area contributed by atoms with E-state index in [0.717, 1.165) is 0 Å². The van der Waals surface area contributed by atoms with Crippen LogP contribution in [0.1, 0.15) is 10.4 Å². The van der Waals surface area contributed by atoms with Crippen molar-refractivity contribution in [3.63, 3.8) is 0 Å². The number of benzene rings is 3.